The van der Waals surface area contributed by atoms with Crippen molar-refractivity contribution in [1.29, 1.82) is 0 Å². The van der Waals surface area contributed by atoms with Crippen LogP contribution in [0.25, 0.3) is 11.4 Å². The molecule has 3 aromatic rings. The summed E-state index contributed by atoms with van der Waals surface area (Å²) in [4.78, 5) is 12.3. The van der Waals surface area contributed by atoms with Crippen LogP contribution in [0.2, 0.25) is 0 Å². The van der Waals surface area contributed by atoms with E-state index in [-0.39, 0.29) is 21.3 Å². The molecule has 0 radical (unpaired) electrons. The fraction of sp³-hybridized carbons (Fsp3) is 0.318. The first-order valence-electron chi connectivity index (χ1n) is 9.71. The molecule has 9 heteroatoms. The Hall–Kier alpha value is -2.26. The van der Waals surface area contributed by atoms with E-state index in [1.807, 2.05) is 23.6 Å². The molecule has 0 saturated carbocycles. The van der Waals surface area contributed by atoms with Crippen LogP contribution < -0.4 is 5.32 Å². The Bertz CT molecular complexity index is 1070. The zero-order chi connectivity index (χ0) is 22.8. The maximum Gasteiger partial charge on any atom is 0.234 e. The molecule has 31 heavy (non-hydrogen) atoms. The van der Waals surface area contributed by atoms with Crippen LogP contribution in [0.5, 0.6) is 0 Å². The predicted molar refractivity (Wildman–Crippen MR) is 123 cm³/mol. The first-order chi connectivity index (χ1) is 14.6. The van der Waals surface area contributed by atoms with Crippen LogP contribution in [0, 0.1) is 11.6 Å². The van der Waals surface area contributed by atoms with Gasteiger partial charge in [-0.05, 0) is 39.9 Å². The highest BCUT2D eigenvalue weighted by molar-refractivity contribution is 9.10. The Kier molecular flexibility index (Phi) is 7.16. The van der Waals surface area contributed by atoms with Gasteiger partial charge in [0.1, 0.15) is 5.82 Å². The Labute approximate surface area is 192 Å². The van der Waals surface area contributed by atoms with Crippen molar-refractivity contribution in [3.8, 4) is 11.4 Å². The quantitative estimate of drug-likeness (QED) is 0.412. The molecular formula is C22H23BrF2N4OS. The van der Waals surface area contributed by atoms with Gasteiger partial charge in [-0.1, -0.05) is 56.8 Å². The lowest BCUT2D eigenvalue weighted by molar-refractivity contribution is -0.113. The number of rotatable bonds is 6. The zero-order valence-electron chi connectivity index (χ0n) is 17.7. The van der Waals surface area contributed by atoms with Gasteiger partial charge in [0, 0.05) is 22.6 Å². The van der Waals surface area contributed by atoms with Gasteiger partial charge in [-0.15, -0.1) is 10.2 Å². The third-order valence-electron chi connectivity index (χ3n) is 4.65. The molecule has 0 fully saturated rings. The van der Waals surface area contributed by atoms with E-state index in [2.05, 4.69) is 64.3 Å². The number of hydrogen-bond acceptors (Lipinski definition) is 4. The molecule has 0 aliphatic heterocycles. The number of thioether (sulfide) groups is 1. The van der Waals surface area contributed by atoms with Crippen LogP contribution >= 0.6 is 27.7 Å². The van der Waals surface area contributed by atoms with E-state index in [1.54, 1.807) is 0 Å². The number of nitrogens with zero attached hydrogens (tertiary/aromatic N) is 3. The summed E-state index contributed by atoms with van der Waals surface area (Å²) in [5, 5.41) is 11.6. The van der Waals surface area contributed by atoms with Gasteiger partial charge < -0.3 is 9.88 Å². The molecule has 3 rings (SSSR count). The highest BCUT2D eigenvalue weighted by atomic mass is 79.9. The summed E-state index contributed by atoms with van der Waals surface area (Å²) < 4.78 is 29.2. The molecule has 0 atom stereocenters. The van der Waals surface area contributed by atoms with Crippen molar-refractivity contribution < 1.29 is 13.6 Å². The van der Waals surface area contributed by atoms with Crippen molar-refractivity contribution in [2.75, 3.05) is 11.1 Å². The van der Waals surface area contributed by atoms with Crippen LogP contribution in [0.3, 0.4) is 0 Å². The van der Waals surface area contributed by atoms with Gasteiger partial charge >= 0.3 is 0 Å². The van der Waals surface area contributed by atoms with Gasteiger partial charge in [0.15, 0.2) is 16.8 Å². The van der Waals surface area contributed by atoms with E-state index in [9.17, 15) is 13.6 Å². The summed E-state index contributed by atoms with van der Waals surface area (Å²) in [5.41, 5.74) is 2.13. The predicted octanol–water partition coefficient (Wildman–Crippen LogP) is 6.03. The maximum absolute atomic E-state index is 13.9. The monoisotopic (exact) mass is 508 g/mol. The zero-order valence-corrected chi connectivity index (χ0v) is 20.1. The second-order valence-corrected chi connectivity index (χ2v) is 9.76. The first-order valence-corrected chi connectivity index (χ1v) is 11.5. The van der Waals surface area contributed by atoms with Crippen molar-refractivity contribution in [3.63, 3.8) is 0 Å². The van der Waals surface area contributed by atoms with Crippen LogP contribution in [-0.2, 0) is 16.8 Å². The van der Waals surface area contributed by atoms with Crippen LogP contribution in [0.4, 0.5) is 14.5 Å². The average molecular weight is 509 g/mol. The van der Waals surface area contributed by atoms with Gasteiger partial charge in [-0.25, -0.2) is 8.78 Å². The number of halogens is 3. The van der Waals surface area contributed by atoms with Gasteiger partial charge in [0.2, 0.25) is 5.91 Å². The molecule has 0 bridgehead atoms. The third-order valence-corrected chi connectivity index (χ3v) is 6.24. The minimum atomic E-state index is -0.845. The van der Waals surface area contributed by atoms with E-state index < -0.39 is 17.5 Å². The minimum Gasteiger partial charge on any atom is -0.322 e. The molecular weight excluding hydrogens is 486 g/mol. The van der Waals surface area contributed by atoms with Crippen molar-refractivity contribution in [2.45, 2.75) is 44.8 Å². The number of anilines is 1. The molecule has 1 amide bonds. The van der Waals surface area contributed by atoms with E-state index in [1.165, 1.54) is 17.3 Å². The maximum atomic E-state index is 13.9. The molecule has 0 spiro atoms. The molecule has 5 nitrogen and oxygen atoms in total. The number of nitrogens with one attached hydrogen (secondary N) is 1. The summed E-state index contributed by atoms with van der Waals surface area (Å²) in [6.07, 6.45) is 0. The first kappa shape index (κ1) is 23.4. The topological polar surface area (TPSA) is 59.8 Å². The van der Waals surface area contributed by atoms with Crippen LogP contribution in [-0.4, -0.2) is 26.4 Å². The Balaban J connectivity index is 1.72. The van der Waals surface area contributed by atoms with Gasteiger partial charge in [-0.3, -0.25) is 4.79 Å². The molecule has 0 aliphatic rings. The number of benzene rings is 2. The van der Waals surface area contributed by atoms with Gasteiger partial charge in [0.25, 0.3) is 0 Å². The van der Waals surface area contributed by atoms with Gasteiger partial charge in [0.05, 0.1) is 11.4 Å². The van der Waals surface area contributed by atoms with Gasteiger partial charge in [-0.2, -0.15) is 0 Å². The number of aromatic nitrogens is 3. The summed E-state index contributed by atoms with van der Waals surface area (Å²) in [5.74, 6) is -1.28. The highest BCUT2D eigenvalue weighted by Gasteiger charge is 2.18. The molecule has 164 valence electrons. The molecule has 0 aliphatic carbocycles. The SMILES string of the molecule is CCn1c(SCC(=O)Nc2c(F)cc(F)cc2Br)nnc1-c1ccc(C(C)(C)C)cc1. The van der Waals surface area contributed by atoms with Crippen LogP contribution in [0.1, 0.15) is 33.3 Å². The second kappa shape index (κ2) is 9.48. The second-order valence-electron chi connectivity index (χ2n) is 7.96. The Morgan fingerprint density at radius 1 is 1.16 bits per heavy atom. The lowest BCUT2D eigenvalue weighted by atomic mass is 9.87. The van der Waals surface area contributed by atoms with E-state index in [0.29, 0.717) is 11.7 Å². The van der Waals surface area contributed by atoms with Crippen molar-refractivity contribution in [1.82, 2.24) is 14.8 Å². The number of carbonyl (C=O) groups is 1. The fourth-order valence-corrected chi connectivity index (χ4v) is 4.29. The van der Waals surface area contributed by atoms with E-state index in [0.717, 1.165) is 23.5 Å². The average Bonchev–Trinajstić information content (AvgIpc) is 3.11. The summed E-state index contributed by atoms with van der Waals surface area (Å²) >= 11 is 4.27. The van der Waals surface area contributed by atoms with E-state index in [4.69, 9.17) is 0 Å². The fourth-order valence-electron chi connectivity index (χ4n) is 2.98. The van der Waals surface area contributed by atoms with Crippen LogP contribution in [0.15, 0.2) is 46.0 Å². The smallest absolute Gasteiger partial charge is 0.234 e. The summed E-state index contributed by atoms with van der Waals surface area (Å²) in [6, 6.07) is 10.0. The molecule has 2 aromatic carbocycles. The lowest BCUT2D eigenvalue weighted by Gasteiger charge is -2.19. The molecule has 1 heterocycles. The molecule has 0 unspecified atom stereocenters. The largest absolute Gasteiger partial charge is 0.322 e. The Morgan fingerprint density at radius 2 is 1.84 bits per heavy atom. The Morgan fingerprint density at radius 3 is 2.42 bits per heavy atom. The number of amides is 1. The normalized spacial score (nSPS) is 11.6. The lowest BCUT2D eigenvalue weighted by Crippen LogP contribution is -2.16. The molecule has 1 aromatic heterocycles. The van der Waals surface area contributed by atoms with Crippen molar-refractivity contribution in [3.05, 3.63) is 58.1 Å². The summed E-state index contributed by atoms with van der Waals surface area (Å²) in [7, 11) is 0. The van der Waals surface area contributed by atoms with Crippen molar-refractivity contribution in [2.24, 2.45) is 0 Å². The number of carbonyl (C=O) groups excluding carboxylic acids is 1. The molecule has 0 saturated heterocycles. The summed E-state index contributed by atoms with van der Waals surface area (Å²) in [6.45, 7) is 9.09. The van der Waals surface area contributed by atoms with Crippen molar-refractivity contribution >= 4 is 39.3 Å². The number of hydrogen-bond donors (Lipinski definition) is 1. The highest BCUT2D eigenvalue weighted by Crippen LogP contribution is 2.29. The van der Waals surface area contributed by atoms with E-state index >= 15 is 0 Å². The standard InChI is InChI=1S/C22H23BrF2N4OS/c1-5-29-20(13-6-8-14(9-7-13)22(2,3)4)27-28-21(29)31-12-18(30)26-19-16(23)10-15(24)11-17(19)25/h6-11H,5,12H2,1-4H3,(H,26,30). The minimum absolute atomic E-state index is 0.00432. The molecule has 1 N–H and O–H groups in total. The third kappa shape index (κ3) is 5.51.